The van der Waals surface area contributed by atoms with E-state index in [9.17, 15) is 19.7 Å². The van der Waals surface area contributed by atoms with Crippen molar-refractivity contribution in [3.8, 4) is 0 Å². The molecule has 8 nitrogen and oxygen atoms in total. The minimum Gasteiger partial charge on any atom is -0.480 e. The summed E-state index contributed by atoms with van der Waals surface area (Å²) in [6.07, 6.45) is 0. The molecule has 1 saturated heterocycles. The Morgan fingerprint density at radius 1 is 1.48 bits per heavy atom. The largest absolute Gasteiger partial charge is 0.480 e. The normalized spacial score (nSPS) is 18.3. The van der Waals surface area contributed by atoms with Gasteiger partial charge in [0.1, 0.15) is 0 Å². The number of rotatable bonds is 3. The van der Waals surface area contributed by atoms with Crippen LogP contribution >= 0.6 is 11.6 Å². The Morgan fingerprint density at radius 2 is 2.19 bits per heavy atom. The fourth-order valence-corrected chi connectivity index (χ4v) is 2.20. The molecule has 1 aliphatic rings. The maximum Gasteiger partial charge on any atom is 0.328 e. The number of aliphatic carboxylic acids is 1. The van der Waals surface area contributed by atoms with Crippen molar-refractivity contribution in [1.29, 1.82) is 0 Å². The number of carbonyl (C=O) groups is 2. The Hall–Kier alpha value is -2.19. The number of amides is 1. The summed E-state index contributed by atoms with van der Waals surface area (Å²) in [4.78, 5) is 34.8. The van der Waals surface area contributed by atoms with Gasteiger partial charge in [-0.1, -0.05) is 11.6 Å². The van der Waals surface area contributed by atoms with Crippen LogP contribution in [0.1, 0.15) is 10.4 Å². The molecular weight excluding hydrogens is 304 g/mol. The highest BCUT2D eigenvalue weighted by Crippen LogP contribution is 2.24. The van der Waals surface area contributed by atoms with Gasteiger partial charge in [0.05, 0.1) is 28.7 Å². The second kappa shape index (κ2) is 6.06. The molecule has 0 saturated carbocycles. The van der Waals surface area contributed by atoms with Gasteiger partial charge in [0.25, 0.3) is 11.6 Å². The number of benzene rings is 1. The number of carboxylic acids is 1. The van der Waals surface area contributed by atoms with Gasteiger partial charge in [0.15, 0.2) is 6.04 Å². The van der Waals surface area contributed by atoms with Gasteiger partial charge in [0.2, 0.25) is 0 Å². The molecule has 1 aliphatic heterocycles. The molecule has 1 N–H and O–H groups in total. The summed E-state index contributed by atoms with van der Waals surface area (Å²) in [6.45, 7) is 0.143. The predicted molar refractivity (Wildman–Crippen MR) is 71.4 cm³/mol. The monoisotopic (exact) mass is 314 g/mol. The van der Waals surface area contributed by atoms with Crippen molar-refractivity contribution in [3.05, 3.63) is 38.9 Å². The van der Waals surface area contributed by atoms with Crippen LogP contribution in [0.5, 0.6) is 0 Å². The number of ether oxygens (including phenoxy) is 1. The number of nitro groups is 1. The van der Waals surface area contributed by atoms with Crippen LogP contribution in [-0.4, -0.2) is 52.6 Å². The number of nitrogens with zero attached hydrogens (tertiary/aromatic N) is 2. The average Bonchev–Trinajstić information content (AvgIpc) is 2.46. The first-order valence-electron chi connectivity index (χ1n) is 5.97. The molecule has 1 aromatic carbocycles. The average molecular weight is 315 g/mol. The number of carbonyl (C=O) groups excluding carboxylic acids is 1. The van der Waals surface area contributed by atoms with E-state index in [0.717, 1.165) is 11.0 Å². The maximum absolute atomic E-state index is 12.4. The molecule has 1 aromatic rings. The van der Waals surface area contributed by atoms with Gasteiger partial charge >= 0.3 is 5.97 Å². The van der Waals surface area contributed by atoms with E-state index in [4.69, 9.17) is 21.4 Å². The summed E-state index contributed by atoms with van der Waals surface area (Å²) in [5.41, 5.74) is -0.387. The van der Waals surface area contributed by atoms with E-state index in [1.807, 2.05) is 0 Å². The Labute approximate surface area is 124 Å². The third-order valence-electron chi connectivity index (χ3n) is 3.07. The molecule has 1 fully saturated rings. The number of non-ortho nitro benzene ring substituents is 1. The summed E-state index contributed by atoms with van der Waals surface area (Å²) in [6, 6.07) is 2.32. The molecule has 1 atom stereocenters. The van der Waals surface area contributed by atoms with Crippen LogP contribution in [0.4, 0.5) is 5.69 Å². The highest BCUT2D eigenvalue weighted by Gasteiger charge is 2.34. The first kappa shape index (κ1) is 15.2. The van der Waals surface area contributed by atoms with Crippen molar-refractivity contribution in [1.82, 2.24) is 4.90 Å². The first-order chi connectivity index (χ1) is 9.91. The Balaban J connectivity index is 2.36. The molecule has 0 bridgehead atoms. The zero-order valence-electron chi connectivity index (χ0n) is 10.7. The van der Waals surface area contributed by atoms with Crippen molar-refractivity contribution < 1.29 is 24.4 Å². The second-order valence-corrected chi connectivity index (χ2v) is 4.76. The Kier molecular flexibility index (Phi) is 4.39. The number of hydrogen-bond acceptors (Lipinski definition) is 5. The molecule has 1 amide bonds. The van der Waals surface area contributed by atoms with Crippen LogP contribution < -0.4 is 0 Å². The number of carboxylic acid groups (broad SMARTS) is 1. The fraction of sp³-hybridized carbons (Fsp3) is 0.333. The SMILES string of the molecule is O=C(O)C1COCCN1C(=O)c1cc([N+](=O)[O-])ccc1Cl. The van der Waals surface area contributed by atoms with Crippen LogP contribution in [0.15, 0.2) is 18.2 Å². The lowest BCUT2D eigenvalue weighted by atomic mass is 10.1. The Bertz CT molecular complexity index is 605. The molecule has 0 spiro atoms. The van der Waals surface area contributed by atoms with E-state index < -0.39 is 22.8 Å². The number of nitro benzene ring substituents is 1. The van der Waals surface area contributed by atoms with E-state index in [1.54, 1.807) is 0 Å². The van der Waals surface area contributed by atoms with Gasteiger partial charge in [-0.25, -0.2) is 4.79 Å². The summed E-state index contributed by atoms with van der Waals surface area (Å²) in [5.74, 6) is -1.87. The van der Waals surface area contributed by atoms with Crippen molar-refractivity contribution in [2.45, 2.75) is 6.04 Å². The molecule has 1 heterocycles. The van der Waals surface area contributed by atoms with Crippen molar-refractivity contribution in [2.75, 3.05) is 19.8 Å². The van der Waals surface area contributed by atoms with Gasteiger partial charge in [-0.15, -0.1) is 0 Å². The first-order valence-corrected chi connectivity index (χ1v) is 6.35. The zero-order chi connectivity index (χ0) is 15.6. The topological polar surface area (TPSA) is 110 Å². The maximum atomic E-state index is 12.4. The zero-order valence-corrected chi connectivity index (χ0v) is 11.4. The lowest BCUT2D eigenvalue weighted by molar-refractivity contribution is -0.384. The van der Waals surface area contributed by atoms with E-state index in [0.29, 0.717) is 0 Å². The van der Waals surface area contributed by atoms with Crippen molar-refractivity contribution in [3.63, 3.8) is 0 Å². The smallest absolute Gasteiger partial charge is 0.328 e. The van der Waals surface area contributed by atoms with Crippen LogP contribution in [0.3, 0.4) is 0 Å². The minimum atomic E-state index is -1.20. The molecule has 112 valence electrons. The number of hydrogen-bond donors (Lipinski definition) is 1. The van der Waals surface area contributed by atoms with Gasteiger partial charge < -0.3 is 14.7 Å². The predicted octanol–water partition coefficient (Wildman–Crippen LogP) is 1.17. The Morgan fingerprint density at radius 3 is 2.81 bits per heavy atom. The summed E-state index contributed by atoms with van der Waals surface area (Å²) >= 11 is 5.89. The van der Waals surface area contributed by atoms with E-state index in [1.165, 1.54) is 12.1 Å². The van der Waals surface area contributed by atoms with Gasteiger partial charge in [-0.2, -0.15) is 0 Å². The second-order valence-electron chi connectivity index (χ2n) is 4.35. The molecule has 21 heavy (non-hydrogen) atoms. The van der Waals surface area contributed by atoms with Gasteiger partial charge in [-0.05, 0) is 6.07 Å². The standard InChI is InChI=1S/C12H11ClN2O6/c13-9-2-1-7(15(19)20)5-8(9)11(16)14-3-4-21-6-10(14)12(17)18/h1-2,5,10H,3-4,6H2,(H,17,18). The van der Waals surface area contributed by atoms with Crippen LogP contribution in [0.25, 0.3) is 0 Å². The summed E-state index contributed by atoms with van der Waals surface area (Å²) < 4.78 is 5.04. The lowest BCUT2D eigenvalue weighted by Gasteiger charge is -2.33. The van der Waals surface area contributed by atoms with E-state index in [2.05, 4.69) is 0 Å². The molecule has 9 heteroatoms. The third-order valence-corrected chi connectivity index (χ3v) is 3.40. The molecule has 0 aliphatic carbocycles. The van der Waals surface area contributed by atoms with E-state index >= 15 is 0 Å². The highest BCUT2D eigenvalue weighted by atomic mass is 35.5. The molecule has 0 aromatic heterocycles. The molecule has 0 radical (unpaired) electrons. The van der Waals surface area contributed by atoms with Crippen molar-refractivity contribution >= 4 is 29.2 Å². The minimum absolute atomic E-state index is 0.0289. The van der Waals surface area contributed by atoms with Gasteiger partial charge in [0, 0.05) is 18.7 Å². The quantitative estimate of drug-likeness (QED) is 0.662. The number of morpholine rings is 1. The molecule has 2 rings (SSSR count). The lowest BCUT2D eigenvalue weighted by Crippen LogP contribution is -2.52. The number of halogens is 1. The van der Waals surface area contributed by atoms with Crippen molar-refractivity contribution in [2.24, 2.45) is 0 Å². The summed E-state index contributed by atoms with van der Waals surface area (Å²) in [7, 11) is 0. The highest BCUT2D eigenvalue weighted by molar-refractivity contribution is 6.34. The molecular formula is C12H11ClN2O6. The van der Waals surface area contributed by atoms with Crippen LogP contribution in [0, 0.1) is 10.1 Å². The van der Waals surface area contributed by atoms with Crippen LogP contribution in [0.2, 0.25) is 5.02 Å². The van der Waals surface area contributed by atoms with Crippen LogP contribution in [-0.2, 0) is 9.53 Å². The fourth-order valence-electron chi connectivity index (χ4n) is 2.00. The molecule has 1 unspecified atom stereocenters. The van der Waals surface area contributed by atoms with E-state index in [-0.39, 0.29) is 36.0 Å². The summed E-state index contributed by atoms with van der Waals surface area (Å²) in [5, 5.41) is 19.9. The third kappa shape index (κ3) is 3.11. The van der Waals surface area contributed by atoms with Gasteiger partial charge in [-0.3, -0.25) is 14.9 Å².